The van der Waals surface area contributed by atoms with E-state index in [2.05, 4.69) is 13.8 Å². The van der Waals surface area contributed by atoms with E-state index in [-0.39, 0.29) is 22.3 Å². The molecule has 19 heavy (non-hydrogen) atoms. The number of nitrogens with two attached hydrogens (primary N) is 1. The molecule has 2 unspecified atom stereocenters. The minimum atomic E-state index is -0.312. The summed E-state index contributed by atoms with van der Waals surface area (Å²) in [5.74, 6) is 0.146. The van der Waals surface area contributed by atoms with Crippen LogP contribution in [0.1, 0.15) is 45.1 Å². The molecule has 0 aliphatic heterocycles. The second kappa shape index (κ2) is 5.80. The van der Waals surface area contributed by atoms with E-state index in [4.69, 9.17) is 17.3 Å². The standard InChI is InChI=1S/C16H23ClFN/c1-16(2)9-4-3-7-12(16)14(19)10-11-6-5-8-13(17)15(11)18/h5-6,8,12,14H,3-4,7,9-10,19H2,1-2H3. The van der Waals surface area contributed by atoms with Gasteiger partial charge in [-0.3, -0.25) is 0 Å². The summed E-state index contributed by atoms with van der Waals surface area (Å²) in [6.07, 6.45) is 5.45. The Morgan fingerprint density at radius 2 is 2.16 bits per heavy atom. The van der Waals surface area contributed by atoms with Gasteiger partial charge in [0.1, 0.15) is 5.82 Å². The molecule has 1 aromatic rings. The molecule has 0 bridgehead atoms. The Kier molecular flexibility index (Phi) is 4.52. The Balaban J connectivity index is 2.12. The van der Waals surface area contributed by atoms with Gasteiger partial charge >= 0.3 is 0 Å². The number of hydrogen-bond donors (Lipinski definition) is 1. The lowest BCUT2D eigenvalue weighted by Gasteiger charge is -2.42. The van der Waals surface area contributed by atoms with Crippen molar-refractivity contribution in [3.63, 3.8) is 0 Å². The second-order valence-electron chi connectivity index (χ2n) is 6.42. The predicted molar refractivity (Wildman–Crippen MR) is 78.8 cm³/mol. The van der Waals surface area contributed by atoms with Crippen molar-refractivity contribution < 1.29 is 4.39 Å². The zero-order valence-electron chi connectivity index (χ0n) is 11.8. The smallest absolute Gasteiger partial charge is 0.145 e. The van der Waals surface area contributed by atoms with Crippen LogP contribution in [0.3, 0.4) is 0 Å². The van der Waals surface area contributed by atoms with Gasteiger partial charge in [-0.2, -0.15) is 0 Å². The molecule has 0 saturated heterocycles. The molecule has 0 amide bonds. The van der Waals surface area contributed by atoms with Crippen LogP contribution in [0.25, 0.3) is 0 Å². The summed E-state index contributed by atoms with van der Waals surface area (Å²) in [7, 11) is 0. The fraction of sp³-hybridized carbons (Fsp3) is 0.625. The molecule has 0 radical (unpaired) electrons. The van der Waals surface area contributed by atoms with E-state index in [0.29, 0.717) is 17.9 Å². The summed E-state index contributed by atoms with van der Waals surface area (Å²) < 4.78 is 13.9. The normalized spacial score (nSPS) is 24.2. The topological polar surface area (TPSA) is 26.0 Å². The molecule has 2 atom stereocenters. The SMILES string of the molecule is CC1(C)CCCCC1C(N)Cc1cccc(Cl)c1F. The van der Waals surface area contributed by atoms with Crippen molar-refractivity contribution in [2.75, 3.05) is 0 Å². The van der Waals surface area contributed by atoms with Crippen LogP contribution in [0, 0.1) is 17.2 Å². The van der Waals surface area contributed by atoms with Gasteiger partial charge in [-0.15, -0.1) is 0 Å². The highest BCUT2D eigenvalue weighted by molar-refractivity contribution is 6.30. The lowest BCUT2D eigenvalue weighted by molar-refractivity contribution is 0.112. The number of halogens is 2. The summed E-state index contributed by atoms with van der Waals surface area (Å²) in [4.78, 5) is 0. The van der Waals surface area contributed by atoms with Crippen LogP contribution in [-0.2, 0) is 6.42 Å². The van der Waals surface area contributed by atoms with E-state index in [1.165, 1.54) is 19.3 Å². The van der Waals surface area contributed by atoms with E-state index in [1.54, 1.807) is 18.2 Å². The van der Waals surface area contributed by atoms with E-state index < -0.39 is 0 Å². The van der Waals surface area contributed by atoms with Crippen LogP contribution < -0.4 is 5.73 Å². The first-order valence-electron chi connectivity index (χ1n) is 7.10. The highest BCUT2D eigenvalue weighted by Crippen LogP contribution is 2.42. The molecule has 3 heteroatoms. The average molecular weight is 284 g/mol. The van der Waals surface area contributed by atoms with E-state index >= 15 is 0 Å². The van der Waals surface area contributed by atoms with Crippen molar-refractivity contribution >= 4 is 11.6 Å². The zero-order valence-corrected chi connectivity index (χ0v) is 12.5. The van der Waals surface area contributed by atoms with Gasteiger partial charge in [0.25, 0.3) is 0 Å². The van der Waals surface area contributed by atoms with Crippen LogP contribution in [0.4, 0.5) is 4.39 Å². The third-order valence-electron chi connectivity index (χ3n) is 4.59. The Morgan fingerprint density at radius 3 is 2.84 bits per heavy atom. The lowest BCUT2D eigenvalue weighted by Crippen LogP contribution is -2.43. The maximum atomic E-state index is 13.9. The molecule has 1 aromatic carbocycles. The predicted octanol–water partition coefficient (Wildman–Crippen LogP) is 4.57. The molecule has 106 valence electrons. The minimum absolute atomic E-state index is 0.00302. The Bertz CT molecular complexity index is 444. The van der Waals surface area contributed by atoms with Gasteiger partial charge in [0.05, 0.1) is 5.02 Å². The van der Waals surface area contributed by atoms with Gasteiger partial charge in [0.15, 0.2) is 0 Å². The largest absolute Gasteiger partial charge is 0.327 e. The van der Waals surface area contributed by atoms with Crippen molar-refractivity contribution in [2.24, 2.45) is 17.1 Å². The van der Waals surface area contributed by atoms with Crippen molar-refractivity contribution in [2.45, 2.75) is 52.0 Å². The summed E-state index contributed by atoms with van der Waals surface area (Å²) in [5, 5.41) is 0.188. The maximum Gasteiger partial charge on any atom is 0.145 e. The molecule has 1 aliphatic rings. The lowest BCUT2D eigenvalue weighted by atomic mass is 9.65. The highest BCUT2D eigenvalue weighted by Gasteiger charge is 2.36. The first kappa shape index (κ1) is 14.8. The molecule has 1 saturated carbocycles. The third kappa shape index (κ3) is 3.29. The fourth-order valence-corrected chi connectivity index (χ4v) is 3.61. The quantitative estimate of drug-likeness (QED) is 0.864. The van der Waals surface area contributed by atoms with Crippen LogP contribution in [0.15, 0.2) is 18.2 Å². The van der Waals surface area contributed by atoms with E-state index in [1.807, 2.05) is 0 Å². The fourth-order valence-electron chi connectivity index (χ4n) is 3.42. The summed E-state index contributed by atoms with van der Waals surface area (Å²) in [6.45, 7) is 4.57. The molecule has 2 rings (SSSR count). The monoisotopic (exact) mass is 283 g/mol. The van der Waals surface area contributed by atoms with Crippen molar-refractivity contribution in [1.82, 2.24) is 0 Å². The first-order chi connectivity index (χ1) is 8.92. The molecule has 1 aliphatic carbocycles. The van der Waals surface area contributed by atoms with E-state index in [9.17, 15) is 4.39 Å². The second-order valence-corrected chi connectivity index (χ2v) is 6.83. The molecule has 0 spiro atoms. The average Bonchev–Trinajstić information content (AvgIpc) is 2.34. The summed E-state index contributed by atoms with van der Waals surface area (Å²) in [6, 6.07) is 5.16. The van der Waals surface area contributed by atoms with Gasteiger partial charge in [0, 0.05) is 6.04 Å². The Hall–Kier alpha value is -0.600. The number of benzene rings is 1. The third-order valence-corrected chi connectivity index (χ3v) is 4.89. The van der Waals surface area contributed by atoms with Crippen LogP contribution in [0.5, 0.6) is 0 Å². The number of hydrogen-bond acceptors (Lipinski definition) is 1. The first-order valence-corrected chi connectivity index (χ1v) is 7.48. The van der Waals surface area contributed by atoms with E-state index in [0.717, 1.165) is 6.42 Å². The zero-order chi connectivity index (χ0) is 14.0. The minimum Gasteiger partial charge on any atom is -0.327 e. The van der Waals surface area contributed by atoms with Gasteiger partial charge < -0.3 is 5.73 Å². The highest BCUT2D eigenvalue weighted by atomic mass is 35.5. The van der Waals surface area contributed by atoms with Crippen LogP contribution in [0.2, 0.25) is 5.02 Å². The van der Waals surface area contributed by atoms with Crippen molar-refractivity contribution in [3.8, 4) is 0 Å². The molecule has 0 heterocycles. The van der Waals surface area contributed by atoms with Gasteiger partial charge in [0.2, 0.25) is 0 Å². The van der Waals surface area contributed by atoms with Gasteiger partial charge in [-0.05, 0) is 42.2 Å². The molecule has 1 fully saturated rings. The van der Waals surface area contributed by atoms with Gasteiger partial charge in [-0.25, -0.2) is 4.39 Å². The molecular formula is C16H23ClFN. The number of rotatable bonds is 3. The van der Waals surface area contributed by atoms with Gasteiger partial charge in [-0.1, -0.05) is 50.4 Å². The van der Waals surface area contributed by atoms with Crippen molar-refractivity contribution in [3.05, 3.63) is 34.6 Å². The molecule has 1 nitrogen and oxygen atoms in total. The summed E-state index contributed by atoms with van der Waals surface area (Å²) in [5.41, 5.74) is 7.26. The molecule has 2 N–H and O–H groups in total. The Labute approximate surface area is 120 Å². The molecular weight excluding hydrogens is 261 g/mol. The molecule has 0 aromatic heterocycles. The maximum absolute atomic E-state index is 13.9. The summed E-state index contributed by atoms with van der Waals surface area (Å²) >= 11 is 5.82. The van der Waals surface area contributed by atoms with Crippen molar-refractivity contribution in [1.29, 1.82) is 0 Å². The van der Waals surface area contributed by atoms with Crippen LogP contribution in [-0.4, -0.2) is 6.04 Å². The Morgan fingerprint density at radius 1 is 1.42 bits per heavy atom. The van der Waals surface area contributed by atoms with Crippen LogP contribution >= 0.6 is 11.6 Å².